The van der Waals surface area contributed by atoms with Crippen LogP contribution in [0.25, 0.3) is 0 Å². The molecule has 4 nitrogen and oxygen atoms in total. The second-order valence-corrected chi connectivity index (χ2v) is 4.39. The first kappa shape index (κ1) is 17.0. The summed E-state index contributed by atoms with van der Waals surface area (Å²) in [5.74, 6) is 0. The zero-order valence-corrected chi connectivity index (χ0v) is 12.6. The van der Waals surface area contributed by atoms with Crippen LogP contribution in [0.15, 0.2) is 0 Å². The van der Waals surface area contributed by atoms with E-state index >= 15 is 0 Å². The number of hydrogen-bond donors (Lipinski definition) is 0. The molecule has 0 heterocycles. The maximum Gasteiger partial charge on any atom is 0.679 e. The van der Waals surface area contributed by atoms with Crippen molar-refractivity contribution in [2.75, 3.05) is 26.4 Å². The molecule has 14 heavy (non-hydrogen) atoms. The van der Waals surface area contributed by atoms with Crippen molar-refractivity contribution in [1.82, 2.24) is 0 Å². The molecule has 0 aromatic heterocycles. The third kappa shape index (κ3) is 6.15. The van der Waals surface area contributed by atoms with E-state index in [1.165, 1.54) is 0 Å². The molecule has 0 fully saturated rings. The van der Waals surface area contributed by atoms with Gasteiger partial charge in [-0.3, -0.25) is 0 Å². The molecule has 0 saturated carbocycles. The normalized spacial score (nSPS) is 11.1. The maximum atomic E-state index is 5.42. The van der Waals surface area contributed by atoms with E-state index in [4.69, 9.17) is 17.7 Å². The van der Waals surface area contributed by atoms with E-state index in [2.05, 4.69) is 0 Å². The first-order valence-corrected chi connectivity index (χ1v) is 6.43. The molecule has 0 aliphatic rings. The third-order valence-corrected chi connectivity index (χ3v) is 3.85. The van der Waals surface area contributed by atoms with Crippen LogP contribution in [-0.2, 0) is 17.7 Å². The van der Waals surface area contributed by atoms with Gasteiger partial charge < -0.3 is 17.7 Å². The van der Waals surface area contributed by atoms with Gasteiger partial charge >= 0.3 is 9.05 Å². The van der Waals surface area contributed by atoms with Crippen LogP contribution in [0.5, 0.6) is 0 Å². The molecule has 0 atom stereocenters. The molecule has 6 heteroatoms. The predicted octanol–water partition coefficient (Wildman–Crippen LogP) is 1.19. The minimum Gasteiger partial charge on any atom is -0.351 e. The Morgan fingerprint density at radius 2 is 0.857 bits per heavy atom. The van der Waals surface area contributed by atoms with Gasteiger partial charge in [-0.15, -0.1) is 0 Å². The molecule has 0 aliphatic heterocycles. The molecule has 0 N–H and O–H groups in total. The van der Waals surface area contributed by atoms with Crippen LogP contribution in [-0.4, -0.2) is 53.1 Å². The maximum absolute atomic E-state index is 5.42. The quantitative estimate of drug-likeness (QED) is 0.626. The standard InChI is InChI=1S/C8H20O4Si.Ge/c1-5-9-13(10-6-2,11-7-3)12-8-4;/h5-8H2,1-4H3;. The van der Waals surface area contributed by atoms with Crippen molar-refractivity contribution in [3.63, 3.8) is 0 Å². The Labute approximate surface area is 98.7 Å². The van der Waals surface area contributed by atoms with E-state index in [1.807, 2.05) is 27.7 Å². The third-order valence-electron chi connectivity index (χ3n) is 1.28. The molecule has 0 bridgehead atoms. The van der Waals surface area contributed by atoms with Gasteiger partial charge in [-0.2, -0.15) is 0 Å². The molecule has 84 valence electrons. The summed E-state index contributed by atoms with van der Waals surface area (Å²) in [6.07, 6.45) is 0. The molecule has 4 radical (unpaired) electrons. The summed E-state index contributed by atoms with van der Waals surface area (Å²) in [6.45, 7) is 9.80. The van der Waals surface area contributed by atoms with E-state index in [0.29, 0.717) is 26.4 Å². The van der Waals surface area contributed by atoms with Crippen LogP contribution in [0.4, 0.5) is 0 Å². The number of rotatable bonds is 8. The Hall–Kier alpha value is 0.600. The average molecular weight is 281 g/mol. The summed E-state index contributed by atoms with van der Waals surface area (Å²) in [6, 6.07) is 0. The summed E-state index contributed by atoms with van der Waals surface area (Å²) < 4.78 is 21.7. The first-order valence-electron chi connectivity index (χ1n) is 4.80. The SMILES string of the molecule is CCO[Si](OCC)(OCC)OCC.[Ge]. The molecule has 0 spiro atoms. The molecular formula is C8H20GeO4Si. The van der Waals surface area contributed by atoms with Crippen molar-refractivity contribution in [2.24, 2.45) is 0 Å². The monoisotopic (exact) mass is 282 g/mol. The van der Waals surface area contributed by atoms with Gasteiger partial charge in [0.2, 0.25) is 0 Å². The van der Waals surface area contributed by atoms with E-state index in [-0.39, 0.29) is 17.6 Å². The zero-order valence-electron chi connectivity index (χ0n) is 9.46. The van der Waals surface area contributed by atoms with Crippen LogP contribution in [0.1, 0.15) is 27.7 Å². The van der Waals surface area contributed by atoms with E-state index < -0.39 is 9.05 Å². The fourth-order valence-corrected chi connectivity index (χ4v) is 2.87. The fraction of sp³-hybridized carbons (Fsp3) is 1.00. The van der Waals surface area contributed by atoms with Gasteiger partial charge in [-0.25, -0.2) is 0 Å². The van der Waals surface area contributed by atoms with Gasteiger partial charge in [-0.05, 0) is 27.7 Å². The summed E-state index contributed by atoms with van der Waals surface area (Å²) in [4.78, 5) is 0. The van der Waals surface area contributed by atoms with Crippen molar-refractivity contribution in [3.8, 4) is 0 Å². The second-order valence-electron chi connectivity index (χ2n) is 2.23. The minimum absolute atomic E-state index is 0. The van der Waals surface area contributed by atoms with E-state index in [0.717, 1.165) is 0 Å². The van der Waals surface area contributed by atoms with Crippen molar-refractivity contribution in [1.29, 1.82) is 0 Å². The molecule has 0 aromatic carbocycles. The Morgan fingerprint density at radius 3 is 1.00 bits per heavy atom. The Bertz CT molecular complexity index is 96.4. The largest absolute Gasteiger partial charge is 0.679 e. The van der Waals surface area contributed by atoms with E-state index in [9.17, 15) is 0 Å². The Balaban J connectivity index is 0. The van der Waals surface area contributed by atoms with Gasteiger partial charge in [-0.1, -0.05) is 0 Å². The van der Waals surface area contributed by atoms with Crippen molar-refractivity contribution in [2.45, 2.75) is 27.7 Å². The Kier molecular flexibility index (Phi) is 12.3. The molecular weight excluding hydrogens is 261 g/mol. The van der Waals surface area contributed by atoms with Crippen LogP contribution in [0, 0.1) is 0 Å². The van der Waals surface area contributed by atoms with Gasteiger partial charge in [0, 0.05) is 44.0 Å². The Morgan fingerprint density at radius 1 is 0.643 bits per heavy atom. The summed E-state index contributed by atoms with van der Waals surface area (Å²) in [7, 11) is -2.80. The molecule has 0 aromatic rings. The van der Waals surface area contributed by atoms with Crippen molar-refractivity contribution < 1.29 is 17.7 Å². The molecule has 0 aliphatic carbocycles. The predicted molar refractivity (Wildman–Crippen MR) is 58.0 cm³/mol. The second kappa shape index (κ2) is 10.1. The molecule has 0 unspecified atom stereocenters. The van der Waals surface area contributed by atoms with Crippen LogP contribution in [0.3, 0.4) is 0 Å². The van der Waals surface area contributed by atoms with Gasteiger partial charge in [0.1, 0.15) is 0 Å². The van der Waals surface area contributed by atoms with Crippen LogP contribution in [0.2, 0.25) is 0 Å². The van der Waals surface area contributed by atoms with E-state index in [1.54, 1.807) is 0 Å². The van der Waals surface area contributed by atoms with Crippen molar-refractivity contribution in [3.05, 3.63) is 0 Å². The van der Waals surface area contributed by atoms with Gasteiger partial charge in [0.05, 0.1) is 0 Å². The summed E-state index contributed by atoms with van der Waals surface area (Å²) in [5.41, 5.74) is 0. The number of hydrogen-bond acceptors (Lipinski definition) is 4. The smallest absolute Gasteiger partial charge is 0.351 e. The van der Waals surface area contributed by atoms with Crippen LogP contribution < -0.4 is 0 Å². The molecule has 0 rings (SSSR count). The first-order chi connectivity index (χ1) is 6.24. The van der Waals surface area contributed by atoms with Gasteiger partial charge in [0.15, 0.2) is 0 Å². The average Bonchev–Trinajstić information content (AvgIpc) is 2.06. The molecule has 0 saturated heterocycles. The molecule has 0 amide bonds. The summed E-state index contributed by atoms with van der Waals surface area (Å²) >= 11 is 0. The summed E-state index contributed by atoms with van der Waals surface area (Å²) in [5, 5.41) is 0. The minimum atomic E-state index is -2.80. The topological polar surface area (TPSA) is 36.9 Å². The zero-order chi connectivity index (χ0) is 10.2. The van der Waals surface area contributed by atoms with Gasteiger partial charge in [0.25, 0.3) is 0 Å². The fourth-order valence-electron chi connectivity index (χ4n) is 0.957. The van der Waals surface area contributed by atoms with Crippen molar-refractivity contribution >= 4 is 26.6 Å². The van der Waals surface area contributed by atoms with Crippen LogP contribution >= 0.6 is 0 Å².